The molecule has 2 atom stereocenters. The highest BCUT2D eigenvalue weighted by Gasteiger charge is 2.62. The summed E-state index contributed by atoms with van der Waals surface area (Å²) in [5.41, 5.74) is -0.206. The summed E-state index contributed by atoms with van der Waals surface area (Å²) in [6, 6.07) is 9.87. The fourth-order valence-electron chi connectivity index (χ4n) is 3.28. The smallest absolute Gasteiger partial charge is 0.417 e. The van der Waals surface area contributed by atoms with Crippen molar-refractivity contribution in [3.8, 4) is 0 Å². The van der Waals surface area contributed by atoms with E-state index in [2.05, 4.69) is 4.98 Å². The number of ether oxygens (including phenoxy) is 1. The van der Waals surface area contributed by atoms with Gasteiger partial charge in [0, 0.05) is 11.2 Å². The van der Waals surface area contributed by atoms with Crippen LogP contribution in [-0.2, 0) is 14.9 Å². The molecule has 1 aromatic heterocycles. The summed E-state index contributed by atoms with van der Waals surface area (Å²) < 4.78 is 5.43. The SMILES string of the molecule is CC(C)(C)OC(=O)N1C(=O)[C@@](C)(c2ccc(Cl)cc2)[C@H]1c1ccc(Cl)nc1. The largest absolute Gasteiger partial charge is 0.443 e. The van der Waals surface area contributed by atoms with E-state index in [1.165, 1.54) is 0 Å². The molecule has 0 saturated carbocycles. The molecule has 3 rings (SSSR count). The number of halogens is 2. The summed E-state index contributed by atoms with van der Waals surface area (Å²) in [5.74, 6) is -0.334. The third-order valence-corrected chi connectivity index (χ3v) is 5.04. The van der Waals surface area contributed by atoms with Gasteiger partial charge in [0.05, 0.1) is 11.5 Å². The average molecular weight is 407 g/mol. The van der Waals surface area contributed by atoms with Crippen LogP contribution in [0.4, 0.5) is 4.79 Å². The number of likely N-dealkylation sites (tertiary alicyclic amines) is 1. The van der Waals surface area contributed by atoms with E-state index in [0.29, 0.717) is 15.7 Å². The minimum Gasteiger partial charge on any atom is -0.443 e. The van der Waals surface area contributed by atoms with Gasteiger partial charge in [-0.3, -0.25) is 4.79 Å². The number of carbonyl (C=O) groups excluding carboxylic acids is 2. The first kappa shape index (κ1) is 19.6. The van der Waals surface area contributed by atoms with Gasteiger partial charge in [-0.15, -0.1) is 0 Å². The summed E-state index contributed by atoms with van der Waals surface area (Å²) in [6.45, 7) is 7.07. The van der Waals surface area contributed by atoms with Gasteiger partial charge < -0.3 is 4.74 Å². The number of amides is 2. The zero-order valence-electron chi connectivity index (χ0n) is 15.5. The van der Waals surface area contributed by atoms with E-state index in [9.17, 15) is 9.59 Å². The number of hydrogen-bond donors (Lipinski definition) is 0. The summed E-state index contributed by atoms with van der Waals surface area (Å²) in [5, 5.41) is 0.907. The van der Waals surface area contributed by atoms with Crippen molar-refractivity contribution in [3.05, 3.63) is 63.9 Å². The number of carbonyl (C=O) groups is 2. The lowest BCUT2D eigenvalue weighted by atomic mass is 9.65. The van der Waals surface area contributed by atoms with Gasteiger partial charge in [0.25, 0.3) is 0 Å². The van der Waals surface area contributed by atoms with Crippen molar-refractivity contribution in [3.63, 3.8) is 0 Å². The molecule has 1 aliphatic rings. The molecule has 2 aromatic rings. The Kier molecular flexibility index (Phi) is 4.95. The summed E-state index contributed by atoms with van der Waals surface area (Å²) in [6.07, 6.45) is 0.893. The fourth-order valence-corrected chi connectivity index (χ4v) is 3.52. The van der Waals surface area contributed by atoms with Crippen LogP contribution in [0.1, 0.15) is 44.9 Å². The van der Waals surface area contributed by atoms with Gasteiger partial charge in [-0.05, 0) is 57.0 Å². The predicted octanol–water partition coefficient (Wildman–Crippen LogP) is 5.16. The molecule has 2 heterocycles. The standard InChI is InChI=1S/C20H20Cl2N2O3/c1-19(2,3)27-18(26)24-16(12-5-10-15(22)23-11-12)20(4,17(24)25)13-6-8-14(21)9-7-13/h5-11,16H,1-4H3/t16-,20+/m1/s1. The third kappa shape index (κ3) is 3.54. The molecule has 2 amide bonds. The van der Waals surface area contributed by atoms with E-state index in [-0.39, 0.29) is 5.91 Å². The fraction of sp³-hybridized carbons (Fsp3) is 0.350. The highest BCUT2D eigenvalue weighted by molar-refractivity contribution is 6.30. The summed E-state index contributed by atoms with van der Waals surface area (Å²) >= 11 is 11.9. The van der Waals surface area contributed by atoms with E-state index in [1.807, 2.05) is 0 Å². The highest BCUT2D eigenvalue weighted by atomic mass is 35.5. The molecule has 1 aliphatic heterocycles. The van der Waals surface area contributed by atoms with E-state index in [0.717, 1.165) is 10.5 Å². The zero-order valence-corrected chi connectivity index (χ0v) is 17.0. The molecule has 0 bridgehead atoms. The normalized spacial score (nSPS) is 22.4. The predicted molar refractivity (Wildman–Crippen MR) is 104 cm³/mol. The first-order valence-corrected chi connectivity index (χ1v) is 9.24. The molecule has 0 N–H and O–H groups in total. The van der Waals surface area contributed by atoms with Gasteiger partial charge in [0.1, 0.15) is 10.8 Å². The van der Waals surface area contributed by atoms with E-state index >= 15 is 0 Å². The Morgan fingerprint density at radius 1 is 1.15 bits per heavy atom. The van der Waals surface area contributed by atoms with Crippen LogP contribution in [0.15, 0.2) is 42.6 Å². The lowest BCUT2D eigenvalue weighted by Gasteiger charge is -2.53. The molecular formula is C20H20Cl2N2O3. The van der Waals surface area contributed by atoms with Gasteiger partial charge in [0.2, 0.25) is 5.91 Å². The maximum absolute atomic E-state index is 13.1. The van der Waals surface area contributed by atoms with Gasteiger partial charge in [-0.25, -0.2) is 14.7 Å². The number of hydrogen-bond acceptors (Lipinski definition) is 4. The Morgan fingerprint density at radius 2 is 1.78 bits per heavy atom. The topological polar surface area (TPSA) is 59.5 Å². The molecule has 27 heavy (non-hydrogen) atoms. The van der Waals surface area contributed by atoms with Crippen LogP contribution in [-0.4, -0.2) is 27.5 Å². The number of nitrogens with zero attached hydrogens (tertiary/aromatic N) is 2. The van der Waals surface area contributed by atoms with Crippen molar-refractivity contribution in [2.75, 3.05) is 0 Å². The highest BCUT2D eigenvalue weighted by Crippen LogP contribution is 2.52. The number of pyridine rings is 1. The van der Waals surface area contributed by atoms with E-state index < -0.39 is 23.2 Å². The molecule has 0 aliphatic carbocycles. The first-order valence-electron chi connectivity index (χ1n) is 8.48. The van der Waals surface area contributed by atoms with Crippen molar-refractivity contribution in [2.24, 2.45) is 0 Å². The van der Waals surface area contributed by atoms with Crippen molar-refractivity contribution in [1.29, 1.82) is 0 Å². The molecule has 142 valence electrons. The second-order valence-electron chi connectivity index (χ2n) is 7.68. The molecule has 5 nitrogen and oxygen atoms in total. The molecule has 1 fully saturated rings. The monoisotopic (exact) mass is 406 g/mol. The van der Waals surface area contributed by atoms with Gasteiger partial charge in [0.15, 0.2) is 0 Å². The number of β-lactam (4-membered cyclic amide) rings is 1. The van der Waals surface area contributed by atoms with Crippen LogP contribution >= 0.6 is 23.2 Å². The molecular weight excluding hydrogens is 387 g/mol. The van der Waals surface area contributed by atoms with Gasteiger partial charge >= 0.3 is 6.09 Å². The lowest BCUT2D eigenvalue weighted by molar-refractivity contribution is -0.157. The molecule has 1 saturated heterocycles. The van der Waals surface area contributed by atoms with Crippen molar-refractivity contribution in [2.45, 2.75) is 44.8 Å². The van der Waals surface area contributed by atoms with Crippen LogP contribution in [0.25, 0.3) is 0 Å². The number of imide groups is 1. The Bertz CT molecular complexity index is 876. The van der Waals surface area contributed by atoms with Crippen LogP contribution in [0.2, 0.25) is 10.2 Å². The van der Waals surface area contributed by atoms with Crippen LogP contribution in [0.5, 0.6) is 0 Å². The minimum absolute atomic E-state index is 0.334. The average Bonchev–Trinajstić information content (AvgIpc) is 2.58. The zero-order chi connectivity index (χ0) is 20.0. The van der Waals surface area contributed by atoms with E-state index in [1.54, 1.807) is 70.3 Å². The Hall–Kier alpha value is -2.11. The van der Waals surface area contributed by atoms with Gasteiger partial charge in [-0.1, -0.05) is 41.4 Å². The molecule has 1 aromatic carbocycles. The number of benzene rings is 1. The van der Waals surface area contributed by atoms with Crippen LogP contribution < -0.4 is 0 Å². The maximum atomic E-state index is 13.1. The van der Waals surface area contributed by atoms with E-state index in [4.69, 9.17) is 27.9 Å². The first-order chi connectivity index (χ1) is 12.5. The molecule has 0 unspecified atom stereocenters. The van der Waals surface area contributed by atoms with Crippen LogP contribution in [0.3, 0.4) is 0 Å². The van der Waals surface area contributed by atoms with Crippen molar-refractivity contribution < 1.29 is 14.3 Å². The van der Waals surface area contributed by atoms with Crippen molar-refractivity contribution >= 4 is 35.2 Å². The summed E-state index contributed by atoms with van der Waals surface area (Å²) in [7, 11) is 0. The van der Waals surface area contributed by atoms with Crippen molar-refractivity contribution in [1.82, 2.24) is 9.88 Å². The number of rotatable bonds is 2. The third-order valence-electron chi connectivity index (χ3n) is 4.57. The molecule has 0 spiro atoms. The minimum atomic E-state index is -0.947. The van der Waals surface area contributed by atoms with Gasteiger partial charge in [-0.2, -0.15) is 0 Å². The second kappa shape index (κ2) is 6.80. The Labute approximate surface area is 168 Å². The Balaban J connectivity index is 2.05. The Morgan fingerprint density at radius 3 is 2.30 bits per heavy atom. The maximum Gasteiger partial charge on any atom is 0.417 e. The molecule has 0 radical (unpaired) electrons. The van der Waals surface area contributed by atoms with Crippen LogP contribution in [0, 0.1) is 0 Å². The lowest BCUT2D eigenvalue weighted by Crippen LogP contribution is -2.66. The quantitative estimate of drug-likeness (QED) is 0.510. The molecule has 7 heteroatoms. The number of aromatic nitrogens is 1. The second-order valence-corrected chi connectivity index (χ2v) is 8.51. The summed E-state index contributed by atoms with van der Waals surface area (Å²) in [4.78, 5) is 31.0.